The smallest absolute Gasteiger partial charge is 0.339 e. The number of aliphatic hydroxyl groups excluding tert-OH is 1. The van der Waals surface area contributed by atoms with Crippen molar-refractivity contribution in [2.45, 2.75) is 97.8 Å². The minimum atomic E-state index is -3.22. The lowest BCUT2D eigenvalue weighted by Gasteiger charge is -2.40. The van der Waals surface area contributed by atoms with Crippen LogP contribution in [0.15, 0.2) is 102 Å². The van der Waals surface area contributed by atoms with Gasteiger partial charge in [0.2, 0.25) is 5.91 Å². The molecule has 0 unspecified atom stereocenters. The van der Waals surface area contributed by atoms with Gasteiger partial charge in [-0.2, -0.15) is 10.5 Å². The predicted octanol–water partition coefficient (Wildman–Crippen LogP) is 13.6. The molecule has 66 heavy (non-hydrogen) atoms. The number of rotatable bonds is 13. The highest BCUT2D eigenvalue weighted by Gasteiger charge is 2.41. The number of benzene rings is 4. The van der Waals surface area contributed by atoms with Gasteiger partial charge in [0.25, 0.3) is 0 Å². The lowest BCUT2D eigenvalue weighted by atomic mass is 10.1. The molecule has 12 nitrogen and oxygen atoms in total. The number of nitrogens with zero attached hydrogens (tertiary/aromatic N) is 3. The maximum Gasteiger partial charge on any atom is 0.339 e. The molecule has 0 saturated carbocycles. The topological polar surface area (TPSA) is 190 Å². The van der Waals surface area contributed by atoms with Gasteiger partial charge in [-0.05, 0) is 122 Å². The first-order valence-electron chi connectivity index (χ1n) is 20.5. The zero-order chi connectivity index (χ0) is 50.0. The molecule has 4 aromatic carbocycles. The summed E-state index contributed by atoms with van der Waals surface area (Å²) >= 11 is 26.2. The number of aliphatic hydroxyl groups is 1. The fourth-order valence-electron chi connectivity index (χ4n) is 5.46. The Bertz CT molecular complexity index is 2470. The number of hydrogen-bond acceptors (Lipinski definition) is 11. The number of halogens is 5. The quantitative estimate of drug-likeness (QED) is 0.0499. The van der Waals surface area contributed by atoms with Crippen LogP contribution in [0.1, 0.15) is 74.2 Å². The average molecular weight is 1040 g/mol. The van der Waals surface area contributed by atoms with E-state index in [1.54, 1.807) is 68.6 Å². The summed E-state index contributed by atoms with van der Waals surface area (Å²) in [6, 6.07) is 28.8. The minimum Gasteiger partial charge on any atom is -0.444 e. The Labute approximate surface area is 413 Å². The molecule has 4 atom stereocenters. The number of Topliss-reactive ketones (excluding diaryl/α,β-unsaturated/α-hetero) is 1. The first-order valence-corrected chi connectivity index (χ1v) is 28.6. The fourth-order valence-corrected chi connectivity index (χ4v) is 7.29. The molecule has 1 amide bonds. The van der Waals surface area contributed by atoms with E-state index in [4.69, 9.17) is 37.3 Å². The van der Waals surface area contributed by atoms with Crippen LogP contribution in [-0.4, -0.2) is 60.9 Å². The van der Waals surface area contributed by atoms with Gasteiger partial charge in [0, 0.05) is 28.5 Å². The second kappa shape index (κ2) is 26.8. The van der Waals surface area contributed by atoms with Gasteiger partial charge in [0.15, 0.2) is 26.3 Å². The van der Waals surface area contributed by atoms with Crippen molar-refractivity contribution in [3.63, 3.8) is 0 Å². The number of carbonyl (C=O) groups excluding carboxylic acids is 2. The van der Waals surface area contributed by atoms with E-state index in [1.807, 2.05) is 63.2 Å². The van der Waals surface area contributed by atoms with Crippen molar-refractivity contribution < 1.29 is 28.1 Å². The third-order valence-electron chi connectivity index (χ3n) is 10.5. The molecule has 5 aromatic rings. The highest BCUT2D eigenvalue weighted by Crippen LogP contribution is 2.61. The molecule has 0 bridgehead atoms. The summed E-state index contributed by atoms with van der Waals surface area (Å²) in [5, 5.41) is 34.2. The van der Waals surface area contributed by atoms with Gasteiger partial charge >= 0.3 is 5.20 Å². The van der Waals surface area contributed by atoms with Gasteiger partial charge in [0.05, 0.1) is 46.1 Å². The SMILES string of the molecule is Cc1c(N[C@@H](C(=O)NCC(=O)c2ccccc2)[C@H](C)O[Si](C)(C)C(C)(C)C)ccc(C#N)c1Cl.Cc1c(N[C@@H](C)[C@H](C)O)ccc(C#N)c1Cl.O=P(Cl)(Cl)Cl.c1ccc(-c2cnco2)cc1. The molecule has 19 heteroatoms. The number of nitriles is 2. The van der Waals surface area contributed by atoms with E-state index in [9.17, 15) is 24.5 Å². The lowest BCUT2D eigenvalue weighted by molar-refractivity contribution is -0.123. The van der Waals surface area contributed by atoms with Gasteiger partial charge in [-0.15, -0.1) is 0 Å². The molecule has 0 aliphatic rings. The largest absolute Gasteiger partial charge is 0.444 e. The van der Waals surface area contributed by atoms with Crippen LogP contribution in [-0.2, 0) is 13.8 Å². The Hall–Kier alpha value is -4.37. The van der Waals surface area contributed by atoms with Gasteiger partial charge in [-0.3, -0.25) is 14.2 Å². The molecule has 1 aromatic heterocycles. The molecule has 0 aliphatic heterocycles. The lowest BCUT2D eigenvalue weighted by Crippen LogP contribution is -2.53. The van der Waals surface area contributed by atoms with Gasteiger partial charge < -0.3 is 29.9 Å². The maximum absolute atomic E-state index is 13.3. The van der Waals surface area contributed by atoms with E-state index in [-0.39, 0.29) is 29.3 Å². The fraction of sp³-hybridized carbons (Fsp3) is 0.340. The summed E-state index contributed by atoms with van der Waals surface area (Å²) in [7, 11) is -2.19. The zero-order valence-corrected chi connectivity index (χ0v) is 44.1. The highest BCUT2D eigenvalue weighted by molar-refractivity contribution is 8.24. The van der Waals surface area contributed by atoms with Crippen LogP contribution in [0.3, 0.4) is 0 Å². The number of hydrogen-bond donors (Lipinski definition) is 4. The van der Waals surface area contributed by atoms with Crippen molar-refractivity contribution in [2.75, 3.05) is 17.2 Å². The van der Waals surface area contributed by atoms with Gasteiger partial charge in [-0.1, -0.05) is 105 Å². The third-order valence-corrected chi connectivity index (χ3v) is 16.0. The van der Waals surface area contributed by atoms with Crippen molar-refractivity contribution in [1.82, 2.24) is 10.3 Å². The maximum atomic E-state index is 13.3. The number of ketones is 1. The summed E-state index contributed by atoms with van der Waals surface area (Å²) < 4.78 is 21.1. The molecule has 354 valence electrons. The van der Waals surface area contributed by atoms with E-state index in [0.717, 1.165) is 22.6 Å². The number of nitrogens with one attached hydrogen (secondary N) is 3. The van der Waals surface area contributed by atoms with Crippen LogP contribution in [0.2, 0.25) is 28.2 Å². The van der Waals surface area contributed by atoms with Crippen molar-refractivity contribution >= 4 is 93.5 Å². The normalized spacial score (nSPS) is 12.9. The zero-order valence-electron chi connectivity index (χ0n) is 38.4. The van der Waals surface area contributed by atoms with E-state index in [1.165, 1.54) is 6.39 Å². The molecule has 0 saturated heterocycles. The Morgan fingerprint density at radius 1 is 0.833 bits per heavy atom. The second-order valence-corrected chi connectivity index (χ2v) is 28.6. The van der Waals surface area contributed by atoms with E-state index >= 15 is 0 Å². The third kappa shape index (κ3) is 19.1. The molecule has 0 radical (unpaired) electrons. The summed E-state index contributed by atoms with van der Waals surface area (Å²) in [5.74, 6) is 0.282. The molecule has 1 heterocycles. The molecule has 0 aliphatic carbocycles. The summed E-state index contributed by atoms with van der Waals surface area (Å²) in [6.45, 7) is 19.6. The van der Waals surface area contributed by atoms with Crippen molar-refractivity contribution in [3.05, 3.63) is 135 Å². The first-order chi connectivity index (χ1) is 30.7. The van der Waals surface area contributed by atoms with E-state index in [0.29, 0.717) is 38.0 Å². The van der Waals surface area contributed by atoms with Crippen molar-refractivity contribution in [3.8, 4) is 23.5 Å². The van der Waals surface area contributed by atoms with Crippen LogP contribution in [0.5, 0.6) is 0 Å². The van der Waals surface area contributed by atoms with Crippen LogP contribution in [0, 0.1) is 36.5 Å². The van der Waals surface area contributed by atoms with Crippen molar-refractivity contribution in [2.24, 2.45) is 0 Å². The molecule has 4 N–H and O–H groups in total. The number of carbonyl (C=O) groups is 2. The monoisotopic (exact) mass is 1030 g/mol. The predicted molar refractivity (Wildman–Crippen MR) is 273 cm³/mol. The number of anilines is 2. The van der Waals surface area contributed by atoms with Crippen LogP contribution < -0.4 is 16.0 Å². The van der Waals surface area contributed by atoms with E-state index < -0.39 is 31.8 Å². The number of oxazole rings is 1. The van der Waals surface area contributed by atoms with Gasteiger partial charge in [-0.25, -0.2) is 4.98 Å². The summed E-state index contributed by atoms with van der Waals surface area (Å²) in [5.41, 5.74) is 5.39. The van der Waals surface area contributed by atoms with Crippen LogP contribution in [0.25, 0.3) is 11.3 Å². The molecule has 0 fully saturated rings. The Morgan fingerprint density at radius 3 is 1.73 bits per heavy atom. The standard InChI is InChI=1S/C26H34ClN3O3Si.C12H15ClN2O.C9H7NO.Cl3OP/c1-17-21(14-13-20(15-28)23(17)27)30-24(18(2)33-34(6,7)26(3,4)5)25(32)29-16-22(31)19-11-9-8-10-12-19;1-7-11(15-8(2)9(3)16)5-4-10(6-14)12(7)13;1-2-4-8(5-3-1)9-6-10-7-11-9;1-5(2,3)4/h8-14,18,24,30H,16H2,1-7H3,(H,29,32);4-5,8-9,15-16H,1-3H3;1-7H;/t18-,24+;8-,9-;;/m00../s1. The summed E-state index contributed by atoms with van der Waals surface area (Å²) in [4.78, 5) is 29.7. The Balaban J connectivity index is 0.000000379. The molecule has 5 rings (SSSR count). The van der Waals surface area contributed by atoms with Gasteiger partial charge in [0.1, 0.15) is 18.2 Å². The van der Waals surface area contributed by atoms with Crippen LogP contribution in [0.4, 0.5) is 11.4 Å². The second-order valence-electron chi connectivity index (χ2n) is 16.4. The molecule has 0 spiro atoms. The first kappa shape index (κ1) is 57.8. The van der Waals surface area contributed by atoms with E-state index in [2.05, 4.69) is 94.6 Å². The molecular weight excluding hydrogens is 981 g/mol. The Kier molecular flexibility index (Phi) is 23.5. The minimum absolute atomic E-state index is 0.0424. The molecular formula is C47H56Cl5N6O6PSi. The number of amides is 1. The average Bonchev–Trinajstić information content (AvgIpc) is 3.80. The summed E-state index contributed by atoms with van der Waals surface area (Å²) in [6.07, 6.45) is 2.20. The van der Waals surface area contributed by atoms with Crippen molar-refractivity contribution in [1.29, 1.82) is 10.5 Å². The Morgan fingerprint density at radius 2 is 1.30 bits per heavy atom. The number of aromatic nitrogens is 1. The highest BCUT2D eigenvalue weighted by atomic mass is 36.0. The van der Waals surface area contributed by atoms with Crippen LogP contribution >= 0.6 is 62.1 Å².